The van der Waals surface area contributed by atoms with Gasteiger partial charge in [0.05, 0.1) is 41.5 Å². The highest BCUT2D eigenvalue weighted by molar-refractivity contribution is 6.04. The summed E-state index contributed by atoms with van der Waals surface area (Å²) in [6.45, 7) is 12.3. The summed E-state index contributed by atoms with van der Waals surface area (Å²) in [6, 6.07) is 15.3. The van der Waals surface area contributed by atoms with E-state index < -0.39 is 12.1 Å². The molecule has 0 spiro atoms. The Labute approximate surface area is 298 Å². The number of pyridine rings is 2. The molecular weight excluding hydrogens is 646 g/mol. The number of H-pyrrole nitrogens is 1. The van der Waals surface area contributed by atoms with Crippen LogP contribution < -0.4 is 20.9 Å². The topological polar surface area (TPSA) is 157 Å². The van der Waals surface area contributed by atoms with Crippen LogP contribution in [0.2, 0.25) is 0 Å². The lowest BCUT2D eigenvalue weighted by atomic mass is 10.0. The third-order valence-electron chi connectivity index (χ3n) is 9.72. The monoisotopic (exact) mass is 693 g/mol. The van der Waals surface area contributed by atoms with Gasteiger partial charge in [-0.25, -0.2) is 14.8 Å². The van der Waals surface area contributed by atoms with Crippen LogP contribution in [0, 0.1) is 12.8 Å². The van der Waals surface area contributed by atoms with Crippen LogP contribution in [0.1, 0.15) is 68.5 Å². The van der Waals surface area contributed by atoms with Crippen LogP contribution in [0.5, 0.6) is 0 Å². The van der Waals surface area contributed by atoms with Gasteiger partial charge in [-0.05, 0) is 63.8 Å². The molecule has 5 heterocycles. The molecule has 0 saturated carbocycles. The average Bonchev–Trinajstić information content (AvgIpc) is 3.83. The highest BCUT2D eigenvalue weighted by Gasteiger charge is 2.37. The zero-order valence-electron chi connectivity index (χ0n) is 30.1. The number of aromatic amines is 1. The Hall–Kier alpha value is -5.30. The summed E-state index contributed by atoms with van der Waals surface area (Å²) >= 11 is 0. The lowest BCUT2D eigenvalue weighted by Crippen LogP contribution is -2.54. The van der Waals surface area contributed by atoms with Crippen LogP contribution in [0.15, 0.2) is 60.9 Å². The van der Waals surface area contributed by atoms with Crippen LogP contribution in [0.4, 0.5) is 16.3 Å². The second kappa shape index (κ2) is 15.3. The fraction of sp³-hybridized carbons (Fsp3) is 0.421. The number of carbonyl (C=O) groups is 3. The van der Waals surface area contributed by atoms with E-state index in [-0.39, 0.29) is 23.8 Å². The summed E-state index contributed by atoms with van der Waals surface area (Å²) in [7, 11) is 1.29. The molecule has 6 rings (SSSR count). The van der Waals surface area contributed by atoms with Crippen LogP contribution >= 0.6 is 0 Å². The number of likely N-dealkylation sites (tertiary alicyclic amines) is 1. The molecule has 2 aliphatic rings. The first-order chi connectivity index (χ1) is 24.5. The first-order valence-corrected chi connectivity index (χ1v) is 17.6. The Kier molecular flexibility index (Phi) is 10.7. The van der Waals surface area contributed by atoms with Gasteiger partial charge in [0.2, 0.25) is 5.91 Å². The summed E-state index contributed by atoms with van der Waals surface area (Å²) in [5, 5.41) is 9.15. The first kappa shape index (κ1) is 35.5. The molecule has 3 amide bonds. The number of nitrogens with one attached hydrogen (secondary N) is 4. The number of alkyl carbamates (subject to hydrolysis) is 1. The minimum Gasteiger partial charge on any atom is -0.453 e. The molecule has 0 bridgehead atoms. The van der Waals surface area contributed by atoms with Gasteiger partial charge in [-0.2, -0.15) is 0 Å². The van der Waals surface area contributed by atoms with Crippen molar-refractivity contribution in [3.63, 3.8) is 0 Å². The maximum atomic E-state index is 13.5. The molecule has 2 fully saturated rings. The Morgan fingerprint density at radius 3 is 2.39 bits per heavy atom. The number of amides is 3. The van der Waals surface area contributed by atoms with Crippen molar-refractivity contribution in [2.75, 3.05) is 37.0 Å². The highest BCUT2D eigenvalue weighted by atomic mass is 16.5. The van der Waals surface area contributed by atoms with Crippen LogP contribution in [0.3, 0.4) is 0 Å². The number of aromatic nitrogens is 4. The van der Waals surface area contributed by atoms with Gasteiger partial charge in [0.25, 0.3) is 5.91 Å². The standard InChI is InChI=1S/C38H47N9O4/c1-22(2)34(45-38(50)51-6)37(49)46-17-7-8-32(46)35-41-20-31(43-35)27-11-9-26(10-12-27)30-15-14-29(25(5)42-30)44-36(48)28-13-16-33(40-19-28)47-21-23(3)39-18-24(47)4/h9-16,19-20,22-24,32,34,39H,7-8,17-18,21H2,1-6H3,(H,41,43)(H,44,48)(H,45,50)/t23-,24+,32?,34-/m0/s1. The number of benzene rings is 1. The van der Waals surface area contributed by atoms with Crippen molar-refractivity contribution in [3.05, 3.63) is 78.0 Å². The van der Waals surface area contributed by atoms with Crippen LogP contribution in [-0.2, 0) is 9.53 Å². The second-order valence-electron chi connectivity index (χ2n) is 13.8. The molecule has 13 nitrogen and oxygen atoms in total. The van der Waals surface area contributed by atoms with Crippen molar-refractivity contribution in [2.24, 2.45) is 5.92 Å². The van der Waals surface area contributed by atoms with Gasteiger partial charge in [0.1, 0.15) is 17.7 Å². The molecule has 4 N–H and O–H groups in total. The number of hydrogen-bond donors (Lipinski definition) is 4. The molecule has 268 valence electrons. The molecule has 51 heavy (non-hydrogen) atoms. The minimum absolute atomic E-state index is 0.103. The number of piperazine rings is 1. The van der Waals surface area contributed by atoms with E-state index in [1.165, 1.54) is 7.11 Å². The van der Waals surface area contributed by atoms with E-state index in [4.69, 9.17) is 14.7 Å². The zero-order chi connectivity index (χ0) is 36.2. The first-order valence-electron chi connectivity index (χ1n) is 17.6. The molecule has 13 heteroatoms. The number of carbonyl (C=O) groups excluding carboxylic acids is 3. The van der Waals surface area contributed by atoms with E-state index in [1.54, 1.807) is 11.1 Å². The maximum Gasteiger partial charge on any atom is 0.407 e. The highest BCUT2D eigenvalue weighted by Crippen LogP contribution is 2.33. The number of ether oxygens (including phenoxy) is 1. The van der Waals surface area contributed by atoms with Crippen molar-refractivity contribution in [1.29, 1.82) is 0 Å². The summed E-state index contributed by atoms with van der Waals surface area (Å²) in [5.74, 6) is 1.10. The van der Waals surface area contributed by atoms with Gasteiger partial charge in [-0.15, -0.1) is 0 Å². The summed E-state index contributed by atoms with van der Waals surface area (Å²) in [4.78, 5) is 60.1. The zero-order valence-corrected chi connectivity index (χ0v) is 30.1. The smallest absolute Gasteiger partial charge is 0.407 e. The minimum atomic E-state index is -0.687. The van der Waals surface area contributed by atoms with Gasteiger partial charge in [-0.3, -0.25) is 14.6 Å². The molecule has 0 aliphatic carbocycles. The normalized spacial score (nSPS) is 19.5. The van der Waals surface area contributed by atoms with Crippen molar-refractivity contribution >= 4 is 29.4 Å². The third-order valence-corrected chi connectivity index (χ3v) is 9.72. The van der Waals surface area contributed by atoms with Crippen molar-refractivity contribution in [2.45, 2.75) is 71.6 Å². The van der Waals surface area contributed by atoms with E-state index in [1.807, 2.05) is 75.5 Å². The summed E-state index contributed by atoms with van der Waals surface area (Å²) in [5.41, 5.74) is 5.22. The van der Waals surface area contributed by atoms with E-state index >= 15 is 0 Å². The van der Waals surface area contributed by atoms with Crippen LogP contribution in [-0.4, -0.2) is 87.6 Å². The van der Waals surface area contributed by atoms with E-state index in [9.17, 15) is 14.4 Å². The predicted octanol–water partition coefficient (Wildman–Crippen LogP) is 5.33. The second-order valence-corrected chi connectivity index (χ2v) is 13.8. The number of imidazole rings is 1. The molecule has 4 atom stereocenters. The fourth-order valence-electron chi connectivity index (χ4n) is 6.74. The van der Waals surface area contributed by atoms with Crippen molar-refractivity contribution in [3.8, 4) is 22.5 Å². The number of rotatable bonds is 9. The SMILES string of the molecule is COC(=O)N[C@H](C(=O)N1CCCC1c1nc(-c2ccc(-c3ccc(NC(=O)c4ccc(N5C[C@H](C)NC[C@H]5C)nc4)c(C)n3)cc2)c[nH]1)C(C)C. The summed E-state index contributed by atoms with van der Waals surface area (Å²) in [6.07, 6.45) is 4.48. The molecule has 3 aromatic heterocycles. The lowest BCUT2D eigenvalue weighted by molar-refractivity contribution is -0.135. The number of nitrogens with zero attached hydrogens (tertiary/aromatic N) is 5. The maximum absolute atomic E-state index is 13.5. The van der Waals surface area contributed by atoms with Gasteiger partial charge in [-0.1, -0.05) is 38.1 Å². The number of hydrogen-bond acceptors (Lipinski definition) is 9. The predicted molar refractivity (Wildman–Crippen MR) is 196 cm³/mol. The van der Waals surface area contributed by atoms with E-state index in [0.29, 0.717) is 41.4 Å². The summed E-state index contributed by atoms with van der Waals surface area (Å²) < 4.78 is 4.74. The Balaban J connectivity index is 1.09. The number of aryl methyl sites for hydroxylation is 1. The Morgan fingerprint density at radius 1 is 0.980 bits per heavy atom. The molecule has 2 aliphatic heterocycles. The van der Waals surface area contributed by atoms with E-state index in [0.717, 1.165) is 54.3 Å². The van der Waals surface area contributed by atoms with Gasteiger partial charge >= 0.3 is 6.09 Å². The van der Waals surface area contributed by atoms with Crippen molar-refractivity contribution < 1.29 is 19.1 Å². The molecule has 0 radical (unpaired) electrons. The molecule has 4 aromatic rings. The fourth-order valence-corrected chi connectivity index (χ4v) is 6.74. The number of methoxy groups -OCH3 is 1. The van der Waals surface area contributed by atoms with Gasteiger partial charge in [0.15, 0.2) is 0 Å². The lowest BCUT2D eigenvalue weighted by Gasteiger charge is -2.38. The number of anilines is 2. The molecule has 1 aromatic carbocycles. The largest absolute Gasteiger partial charge is 0.453 e. The Bertz CT molecular complexity index is 1860. The van der Waals surface area contributed by atoms with Gasteiger partial charge < -0.3 is 35.5 Å². The molecule has 1 unspecified atom stereocenters. The average molecular weight is 694 g/mol. The Morgan fingerprint density at radius 2 is 1.73 bits per heavy atom. The van der Waals surface area contributed by atoms with Crippen molar-refractivity contribution in [1.82, 2.24) is 35.5 Å². The quantitative estimate of drug-likeness (QED) is 0.182. The molecule has 2 saturated heterocycles. The third kappa shape index (κ3) is 7.88. The van der Waals surface area contributed by atoms with E-state index in [2.05, 4.69) is 44.7 Å². The molecular formula is C38H47N9O4. The van der Waals surface area contributed by atoms with Crippen LogP contribution in [0.25, 0.3) is 22.5 Å². The van der Waals surface area contributed by atoms with Gasteiger partial charge in [0, 0.05) is 55.2 Å².